The number of ether oxygens (including phenoxy) is 3. The normalized spacial score (nSPS) is 40.4. The molecule has 5 nitrogen and oxygen atoms in total. The van der Waals surface area contributed by atoms with Crippen LogP contribution in [-0.2, 0) is 23.8 Å². The van der Waals surface area contributed by atoms with Crippen LogP contribution in [0, 0.1) is 29.6 Å². The molecule has 0 saturated heterocycles. The van der Waals surface area contributed by atoms with Crippen LogP contribution in [0.4, 0.5) is 0 Å². The summed E-state index contributed by atoms with van der Waals surface area (Å²) in [5.41, 5.74) is 0. The number of rotatable bonds is 6. The molecule has 0 N–H and O–H groups in total. The van der Waals surface area contributed by atoms with E-state index in [0.717, 1.165) is 50.9 Å². The molecule has 27 heavy (non-hydrogen) atoms. The van der Waals surface area contributed by atoms with Gasteiger partial charge in [-0.3, -0.25) is 9.59 Å². The Balaban J connectivity index is 1.20. The zero-order valence-electron chi connectivity index (χ0n) is 16.6. The minimum absolute atomic E-state index is 0.0181. The van der Waals surface area contributed by atoms with E-state index in [1.165, 1.54) is 19.3 Å². The third-order valence-electron chi connectivity index (χ3n) is 7.64. The highest BCUT2D eigenvalue weighted by Crippen LogP contribution is 2.46. The van der Waals surface area contributed by atoms with Gasteiger partial charge in [0.15, 0.2) is 6.79 Å². The maximum absolute atomic E-state index is 12.5. The summed E-state index contributed by atoms with van der Waals surface area (Å²) in [5, 5.41) is 0. The first kappa shape index (κ1) is 19.2. The van der Waals surface area contributed by atoms with Crippen molar-refractivity contribution in [3.63, 3.8) is 0 Å². The standard InChI is InChI=1S/C22H34O5/c1-2-21(23)27-19-8-7-15-5-6-17(11-18(15)12-19)22(24)26-13-25-20-10-14-3-4-16(20)9-14/h14-20H,2-13H2,1H3. The van der Waals surface area contributed by atoms with Gasteiger partial charge in [0.2, 0.25) is 0 Å². The van der Waals surface area contributed by atoms with Crippen LogP contribution >= 0.6 is 0 Å². The van der Waals surface area contributed by atoms with Crippen molar-refractivity contribution >= 4 is 11.9 Å². The fourth-order valence-electron chi connectivity index (χ4n) is 6.13. The Labute approximate surface area is 162 Å². The molecule has 0 amide bonds. The number of hydrogen-bond donors (Lipinski definition) is 0. The Kier molecular flexibility index (Phi) is 6.05. The predicted octanol–water partition coefficient (Wildman–Crippen LogP) is 4.23. The molecular weight excluding hydrogens is 344 g/mol. The molecule has 7 atom stereocenters. The lowest BCUT2D eigenvalue weighted by molar-refractivity contribution is -0.171. The molecular formula is C22H34O5. The van der Waals surface area contributed by atoms with Crippen LogP contribution in [0.2, 0.25) is 0 Å². The van der Waals surface area contributed by atoms with E-state index in [9.17, 15) is 9.59 Å². The van der Waals surface area contributed by atoms with E-state index >= 15 is 0 Å². The first-order chi connectivity index (χ1) is 13.1. The Morgan fingerprint density at radius 2 is 1.67 bits per heavy atom. The lowest BCUT2D eigenvalue weighted by Crippen LogP contribution is -2.37. The second-order valence-corrected chi connectivity index (χ2v) is 9.27. The van der Waals surface area contributed by atoms with E-state index in [0.29, 0.717) is 30.3 Å². The van der Waals surface area contributed by atoms with Crippen LogP contribution in [0.15, 0.2) is 0 Å². The fourth-order valence-corrected chi connectivity index (χ4v) is 6.13. The lowest BCUT2D eigenvalue weighted by atomic mass is 9.67. The maximum atomic E-state index is 12.5. The molecule has 0 spiro atoms. The molecule has 7 unspecified atom stereocenters. The summed E-state index contributed by atoms with van der Waals surface area (Å²) in [5.74, 6) is 2.46. The zero-order valence-corrected chi connectivity index (χ0v) is 16.6. The summed E-state index contributed by atoms with van der Waals surface area (Å²) in [6.07, 6.45) is 11.7. The van der Waals surface area contributed by atoms with E-state index in [1.54, 1.807) is 0 Å². The molecule has 0 aromatic heterocycles. The maximum Gasteiger partial charge on any atom is 0.311 e. The molecule has 4 aliphatic rings. The zero-order chi connectivity index (χ0) is 18.8. The minimum atomic E-state index is -0.108. The summed E-state index contributed by atoms with van der Waals surface area (Å²) in [4.78, 5) is 24.1. The van der Waals surface area contributed by atoms with Gasteiger partial charge in [-0.2, -0.15) is 0 Å². The van der Waals surface area contributed by atoms with Crippen molar-refractivity contribution in [2.75, 3.05) is 6.79 Å². The smallest absolute Gasteiger partial charge is 0.311 e. The predicted molar refractivity (Wildman–Crippen MR) is 99.6 cm³/mol. The Morgan fingerprint density at radius 3 is 2.41 bits per heavy atom. The van der Waals surface area contributed by atoms with Gasteiger partial charge in [0.25, 0.3) is 0 Å². The summed E-state index contributed by atoms with van der Waals surface area (Å²) >= 11 is 0. The Morgan fingerprint density at radius 1 is 0.852 bits per heavy atom. The van der Waals surface area contributed by atoms with Gasteiger partial charge >= 0.3 is 11.9 Å². The SMILES string of the molecule is CCC(=O)OC1CCC2CCC(C(=O)OCOC3CC4CCC3C4)CC2C1. The van der Waals surface area contributed by atoms with Crippen molar-refractivity contribution in [1.29, 1.82) is 0 Å². The van der Waals surface area contributed by atoms with Crippen molar-refractivity contribution in [2.24, 2.45) is 29.6 Å². The van der Waals surface area contributed by atoms with Gasteiger partial charge in [-0.25, -0.2) is 0 Å². The van der Waals surface area contributed by atoms with Crippen LogP contribution in [0.5, 0.6) is 0 Å². The highest BCUT2D eigenvalue weighted by Gasteiger charge is 2.41. The van der Waals surface area contributed by atoms with E-state index in [4.69, 9.17) is 14.2 Å². The van der Waals surface area contributed by atoms with Crippen LogP contribution in [0.25, 0.3) is 0 Å². The fraction of sp³-hybridized carbons (Fsp3) is 0.909. The number of hydrogen-bond acceptors (Lipinski definition) is 5. The number of fused-ring (bicyclic) bond motifs is 3. The molecule has 4 aliphatic carbocycles. The molecule has 152 valence electrons. The Bertz CT molecular complexity index is 547. The van der Waals surface area contributed by atoms with Crippen LogP contribution in [-0.4, -0.2) is 30.9 Å². The number of carbonyl (C=O) groups is 2. The van der Waals surface area contributed by atoms with Crippen molar-refractivity contribution in [3.8, 4) is 0 Å². The van der Waals surface area contributed by atoms with Crippen molar-refractivity contribution in [2.45, 2.75) is 89.8 Å². The average Bonchev–Trinajstić information content (AvgIpc) is 3.30. The molecule has 4 saturated carbocycles. The largest absolute Gasteiger partial charge is 0.462 e. The molecule has 0 aromatic carbocycles. The highest BCUT2D eigenvalue weighted by molar-refractivity contribution is 5.72. The third-order valence-corrected chi connectivity index (χ3v) is 7.64. The lowest BCUT2D eigenvalue weighted by Gasteiger charge is -2.41. The van der Waals surface area contributed by atoms with E-state index < -0.39 is 0 Å². The van der Waals surface area contributed by atoms with Gasteiger partial charge in [0.1, 0.15) is 6.10 Å². The second-order valence-electron chi connectivity index (χ2n) is 9.27. The quantitative estimate of drug-likeness (QED) is 0.511. The van der Waals surface area contributed by atoms with Crippen molar-refractivity contribution in [3.05, 3.63) is 0 Å². The van der Waals surface area contributed by atoms with Crippen molar-refractivity contribution < 1.29 is 23.8 Å². The van der Waals surface area contributed by atoms with E-state index in [-0.39, 0.29) is 30.8 Å². The van der Waals surface area contributed by atoms with Crippen LogP contribution in [0.3, 0.4) is 0 Å². The summed E-state index contributed by atoms with van der Waals surface area (Å²) < 4.78 is 16.9. The van der Waals surface area contributed by atoms with E-state index in [2.05, 4.69) is 0 Å². The molecule has 0 aliphatic heterocycles. The van der Waals surface area contributed by atoms with Gasteiger partial charge in [-0.05, 0) is 87.9 Å². The van der Waals surface area contributed by atoms with Crippen molar-refractivity contribution in [1.82, 2.24) is 0 Å². The van der Waals surface area contributed by atoms with Crippen LogP contribution < -0.4 is 0 Å². The first-order valence-corrected chi connectivity index (χ1v) is 11.1. The van der Waals surface area contributed by atoms with E-state index in [1.807, 2.05) is 6.92 Å². The summed E-state index contributed by atoms with van der Waals surface area (Å²) in [7, 11) is 0. The van der Waals surface area contributed by atoms with Gasteiger partial charge in [-0.15, -0.1) is 0 Å². The van der Waals surface area contributed by atoms with Gasteiger partial charge in [-0.1, -0.05) is 6.92 Å². The summed E-state index contributed by atoms with van der Waals surface area (Å²) in [6.45, 7) is 1.95. The summed E-state index contributed by atoms with van der Waals surface area (Å²) in [6, 6.07) is 0. The Hall–Kier alpha value is -1.10. The molecule has 0 aromatic rings. The molecule has 0 radical (unpaired) electrons. The second kappa shape index (κ2) is 8.50. The molecule has 0 heterocycles. The molecule has 5 heteroatoms. The topological polar surface area (TPSA) is 61.8 Å². The van der Waals surface area contributed by atoms with Crippen LogP contribution in [0.1, 0.15) is 77.6 Å². The number of esters is 2. The van der Waals surface area contributed by atoms with Gasteiger partial charge in [0.05, 0.1) is 12.0 Å². The highest BCUT2D eigenvalue weighted by atomic mass is 16.7. The monoisotopic (exact) mass is 378 g/mol. The molecule has 2 bridgehead atoms. The molecule has 4 fully saturated rings. The third kappa shape index (κ3) is 4.49. The van der Waals surface area contributed by atoms with Gasteiger partial charge in [0, 0.05) is 6.42 Å². The minimum Gasteiger partial charge on any atom is -0.462 e. The number of carbonyl (C=O) groups excluding carboxylic acids is 2. The molecule has 4 rings (SSSR count). The average molecular weight is 379 g/mol. The van der Waals surface area contributed by atoms with Gasteiger partial charge < -0.3 is 14.2 Å². The first-order valence-electron chi connectivity index (χ1n) is 11.1.